The van der Waals surface area contributed by atoms with Gasteiger partial charge in [0.05, 0.1) is 0 Å². The van der Waals surface area contributed by atoms with Gasteiger partial charge in [-0.25, -0.2) is 4.39 Å². The first-order valence-electron chi connectivity index (χ1n) is 6.31. The molecule has 1 unspecified atom stereocenters. The second-order valence-electron chi connectivity index (χ2n) is 4.91. The summed E-state index contributed by atoms with van der Waals surface area (Å²) in [6, 6.07) is 3.08. The van der Waals surface area contributed by atoms with Crippen molar-refractivity contribution in [2.75, 3.05) is 5.32 Å². The van der Waals surface area contributed by atoms with Crippen LogP contribution in [0.2, 0.25) is 0 Å². The molecule has 0 radical (unpaired) electrons. The maximum absolute atomic E-state index is 14.0. The molecule has 0 aliphatic carbocycles. The van der Waals surface area contributed by atoms with Crippen LogP contribution >= 0.6 is 0 Å². The lowest BCUT2D eigenvalue weighted by atomic mass is 9.91. The first-order chi connectivity index (χ1) is 8.97. The summed E-state index contributed by atoms with van der Waals surface area (Å²) in [4.78, 5) is 21.8. The molecule has 0 spiro atoms. The molecule has 102 valence electrons. The highest BCUT2D eigenvalue weighted by Gasteiger charge is 2.20. The van der Waals surface area contributed by atoms with E-state index in [-0.39, 0.29) is 24.1 Å². The van der Waals surface area contributed by atoms with E-state index in [1.807, 2.05) is 6.92 Å². The summed E-state index contributed by atoms with van der Waals surface area (Å²) in [7, 11) is 0. The highest BCUT2D eigenvalue weighted by atomic mass is 19.1. The van der Waals surface area contributed by atoms with Gasteiger partial charge in [0.25, 0.3) is 0 Å². The number of carboxylic acid groups (broad SMARTS) is 1. The van der Waals surface area contributed by atoms with Gasteiger partial charge in [-0.2, -0.15) is 0 Å². The third-order valence-corrected chi connectivity index (χ3v) is 3.44. The Kier molecular flexibility index (Phi) is 3.83. The molecule has 0 aromatic heterocycles. The van der Waals surface area contributed by atoms with Crippen LogP contribution < -0.4 is 5.32 Å². The Hall–Kier alpha value is -1.91. The van der Waals surface area contributed by atoms with Gasteiger partial charge in [0.2, 0.25) is 5.91 Å². The number of carbonyl (C=O) groups excluding carboxylic acids is 1. The normalized spacial score (nSPS) is 15.6. The molecule has 1 aromatic rings. The monoisotopic (exact) mass is 265 g/mol. The largest absolute Gasteiger partial charge is 0.481 e. The zero-order valence-corrected chi connectivity index (χ0v) is 10.7. The molecule has 1 aromatic carbocycles. The van der Waals surface area contributed by atoms with Gasteiger partial charge in [-0.3, -0.25) is 9.59 Å². The molecular weight excluding hydrogens is 249 g/mol. The fourth-order valence-electron chi connectivity index (χ4n) is 2.29. The van der Waals surface area contributed by atoms with Gasteiger partial charge in [0, 0.05) is 18.5 Å². The summed E-state index contributed by atoms with van der Waals surface area (Å²) in [6.45, 7) is 1.81. The lowest BCUT2D eigenvalue weighted by molar-refractivity contribution is -0.137. The number of rotatable bonds is 4. The third-order valence-electron chi connectivity index (χ3n) is 3.44. The number of fused-ring (bicyclic) bond motifs is 1. The molecule has 0 bridgehead atoms. The maximum Gasteiger partial charge on any atom is 0.303 e. The number of aliphatic carboxylic acids is 1. The molecule has 0 saturated carbocycles. The highest BCUT2D eigenvalue weighted by molar-refractivity contribution is 5.93. The Balaban J connectivity index is 2.22. The van der Waals surface area contributed by atoms with Crippen LogP contribution in [-0.2, 0) is 16.0 Å². The molecule has 19 heavy (non-hydrogen) atoms. The second kappa shape index (κ2) is 5.38. The predicted molar refractivity (Wildman–Crippen MR) is 68.6 cm³/mol. The second-order valence-corrected chi connectivity index (χ2v) is 4.91. The first kappa shape index (κ1) is 13.5. The minimum Gasteiger partial charge on any atom is -0.481 e. The number of benzene rings is 1. The van der Waals surface area contributed by atoms with E-state index in [2.05, 4.69) is 5.32 Å². The van der Waals surface area contributed by atoms with Crippen LogP contribution in [0.15, 0.2) is 12.1 Å². The van der Waals surface area contributed by atoms with Crippen molar-refractivity contribution in [3.63, 3.8) is 0 Å². The predicted octanol–water partition coefficient (Wildman–Crippen LogP) is 2.68. The fraction of sp³-hybridized carbons (Fsp3) is 0.429. The van der Waals surface area contributed by atoms with Crippen LogP contribution in [0.4, 0.5) is 10.1 Å². The molecule has 1 heterocycles. The standard InChI is InChI=1S/C14H16FNO3/c1-8(2-5-14(18)19)10-6-9-3-4-13(17)16-12(9)7-11(10)15/h6-8H,2-5H2,1H3,(H,16,17)(H,18,19). The SMILES string of the molecule is CC(CCC(=O)O)c1cc2c(cc1F)NC(=O)CC2. The van der Waals surface area contributed by atoms with Crippen molar-refractivity contribution in [3.8, 4) is 0 Å². The van der Waals surface area contributed by atoms with Crippen molar-refractivity contribution in [1.29, 1.82) is 0 Å². The average Bonchev–Trinajstić information content (AvgIpc) is 2.35. The van der Waals surface area contributed by atoms with Crippen LogP contribution in [0, 0.1) is 5.82 Å². The summed E-state index contributed by atoms with van der Waals surface area (Å²) < 4.78 is 14.0. The lowest BCUT2D eigenvalue weighted by Gasteiger charge is -2.20. The van der Waals surface area contributed by atoms with E-state index < -0.39 is 5.97 Å². The zero-order chi connectivity index (χ0) is 14.0. The Morgan fingerprint density at radius 1 is 1.47 bits per heavy atom. The van der Waals surface area contributed by atoms with Gasteiger partial charge in [0.15, 0.2) is 0 Å². The number of carbonyl (C=O) groups is 2. The van der Waals surface area contributed by atoms with Crippen molar-refractivity contribution in [3.05, 3.63) is 29.1 Å². The van der Waals surface area contributed by atoms with Crippen molar-refractivity contribution in [2.24, 2.45) is 0 Å². The van der Waals surface area contributed by atoms with E-state index in [1.54, 1.807) is 6.07 Å². The summed E-state index contributed by atoms with van der Waals surface area (Å²) in [6.07, 6.45) is 1.42. The number of aryl methyl sites for hydroxylation is 1. The van der Waals surface area contributed by atoms with Crippen molar-refractivity contribution >= 4 is 17.6 Å². The molecule has 1 aliphatic rings. The van der Waals surface area contributed by atoms with E-state index in [9.17, 15) is 14.0 Å². The zero-order valence-electron chi connectivity index (χ0n) is 10.7. The highest BCUT2D eigenvalue weighted by Crippen LogP contribution is 2.31. The summed E-state index contributed by atoms with van der Waals surface area (Å²) in [5.74, 6) is -1.52. The van der Waals surface area contributed by atoms with Gasteiger partial charge in [-0.1, -0.05) is 13.0 Å². The van der Waals surface area contributed by atoms with Crippen molar-refractivity contribution in [2.45, 2.75) is 38.5 Å². The quantitative estimate of drug-likeness (QED) is 0.879. The van der Waals surface area contributed by atoms with Crippen LogP contribution in [0.25, 0.3) is 0 Å². The molecular formula is C14H16FNO3. The Morgan fingerprint density at radius 3 is 2.89 bits per heavy atom. The molecule has 2 N–H and O–H groups in total. The van der Waals surface area contributed by atoms with Crippen molar-refractivity contribution in [1.82, 2.24) is 0 Å². The summed E-state index contributed by atoms with van der Waals surface area (Å²) in [5, 5.41) is 11.3. The van der Waals surface area contributed by atoms with Gasteiger partial charge in [-0.15, -0.1) is 0 Å². The first-order valence-corrected chi connectivity index (χ1v) is 6.31. The van der Waals surface area contributed by atoms with Gasteiger partial charge >= 0.3 is 5.97 Å². The summed E-state index contributed by atoms with van der Waals surface area (Å²) >= 11 is 0. The lowest BCUT2D eigenvalue weighted by Crippen LogP contribution is -2.19. The number of hydrogen-bond donors (Lipinski definition) is 2. The molecule has 5 heteroatoms. The number of anilines is 1. The Morgan fingerprint density at radius 2 is 2.21 bits per heavy atom. The van der Waals surface area contributed by atoms with Crippen LogP contribution in [0.3, 0.4) is 0 Å². The maximum atomic E-state index is 14.0. The molecule has 0 saturated heterocycles. The molecule has 1 amide bonds. The third kappa shape index (κ3) is 3.10. The topological polar surface area (TPSA) is 66.4 Å². The van der Waals surface area contributed by atoms with Crippen LogP contribution in [0.5, 0.6) is 0 Å². The van der Waals surface area contributed by atoms with E-state index >= 15 is 0 Å². The number of amides is 1. The van der Waals surface area contributed by atoms with E-state index in [1.165, 1.54) is 6.07 Å². The fourth-order valence-corrected chi connectivity index (χ4v) is 2.29. The van der Waals surface area contributed by atoms with E-state index in [0.717, 1.165) is 5.56 Å². The smallest absolute Gasteiger partial charge is 0.303 e. The molecule has 2 rings (SSSR count). The van der Waals surface area contributed by atoms with Crippen LogP contribution in [0.1, 0.15) is 43.2 Å². The number of nitrogens with one attached hydrogen (secondary N) is 1. The molecule has 4 nitrogen and oxygen atoms in total. The molecule has 1 atom stereocenters. The molecule has 0 fully saturated rings. The van der Waals surface area contributed by atoms with E-state index in [0.29, 0.717) is 30.5 Å². The van der Waals surface area contributed by atoms with E-state index in [4.69, 9.17) is 5.11 Å². The number of carboxylic acids is 1. The minimum absolute atomic E-state index is 0.0222. The van der Waals surface area contributed by atoms with Gasteiger partial charge < -0.3 is 10.4 Å². The van der Waals surface area contributed by atoms with Gasteiger partial charge in [-0.05, 0) is 36.0 Å². The van der Waals surface area contributed by atoms with Crippen molar-refractivity contribution < 1.29 is 19.1 Å². The Bertz CT molecular complexity index is 528. The molecule has 1 aliphatic heterocycles. The number of halogens is 1. The van der Waals surface area contributed by atoms with Crippen LogP contribution in [-0.4, -0.2) is 17.0 Å². The van der Waals surface area contributed by atoms with Gasteiger partial charge in [0.1, 0.15) is 5.82 Å². The average molecular weight is 265 g/mol. The summed E-state index contributed by atoms with van der Waals surface area (Å²) in [5.41, 5.74) is 1.97. The minimum atomic E-state index is -0.877. The number of hydrogen-bond acceptors (Lipinski definition) is 2. The Labute approximate surface area is 110 Å².